The minimum Gasteiger partial charge on any atom is -0.396 e. The molecule has 0 aliphatic carbocycles. The molecule has 1 heterocycles. The standard InChI is InChI=1S/C8H13N5O/c1-10-7(14)2-3-11-8-12-4-6(9)5-13-8/h4-5H,2-3,9H2,1H3,(H,10,14)(H,11,12,13). The Morgan fingerprint density at radius 1 is 1.50 bits per heavy atom. The zero-order valence-corrected chi connectivity index (χ0v) is 7.95. The van der Waals surface area contributed by atoms with Crippen LogP contribution in [0, 0.1) is 0 Å². The monoisotopic (exact) mass is 195 g/mol. The Kier molecular flexibility index (Phi) is 3.66. The summed E-state index contributed by atoms with van der Waals surface area (Å²) in [7, 11) is 1.60. The molecular weight excluding hydrogens is 182 g/mol. The molecule has 0 aliphatic heterocycles. The van der Waals surface area contributed by atoms with E-state index in [1.54, 1.807) is 7.05 Å². The van der Waals surface area contributed by atoms with Crippen molar-refractivity contribution in [3.63, 3.8) is 0 Å². The molecule has 1 aromatic heterocycles. The van der Waals surface area contributed by atoms with Crippen molar-refractivity contribution in [2.45, 2.75) is 6.42 Å². The van der Waals surface area contributed by atoms with Crippen LogP contribution in [0.25, 0.3) is 0 Å². The summed E-state index contributed by atoms with van der Waals surface area (Å²) in [4.78, 5) is 18.7. The molecule has 0 aromatic carbocycles. The van der Waals surface area contributed by atoms with Crippen LogP contribution in [-0.4, -0.2) is 29.5 Å². The Labute approximate surface area is 81.9 Å². The van der Waals surface area contributed by atoms with Crippen LogP contribution in [-0.2, 0) is 4.79 Å². The lowest BCUT2D eigenvalue weighted by Gasteiger charge is -2.03. The van der Waals surface area contributed by atoms with Gasteiger partial charge < -0.3 is 16.4 Å². The fraction of sp³-hybridized carbons (Fsp3) is 0.375. The Hall–Kier alpha value is -1.85. The number of hydrogen-bond donors (Lipinski definition) is 3. The van der Waals surface area contributed by atoms with Crippen molar-refractivity contribution in [3.05, 3.63) is 12.4 Å². The third kappa shape index (κ3) is 3.26. The number of aromatic nitrogens is 2. The third-order valence-corrected chi connectivity index (χ3v) is 1.59. The van der Waals surface area contributed by atoms with Crippen LogP contribution in [0.5, 0.6) is 0 Å². The fourth-order valence-electron chi connectivity index (χ4n) is 0.842. The van der Waals surface area contributed by atoms with Gasteiger partial charge in [0.05, 0.1) is 18.1 Å². The van der Waals surface area contributed by atoms with Gasteiger partial charge in [-0.15, -0.1) is 0 Å². The molecule has 0 saturated carbocycles. The predicted octanol–water partition coefficient (Wildman–Crippen LogP) is -0.393. The summed E-state index contributed by atoms with van der Waals surface area (Å²) >= 11 is 0. The van der Waals surface area contributed by atoms with E-state index in [1.807, 2.05) is 0 Å². The Balaban J connectivity index is 2.31. The molecule has 1 aromatic rings. The molecule has 0 spiro atoms. The number of rotatable bonds is 4. The average Bonchev–Trinajstić information content (AvgIpc) is 2.21. The summed E-state index contributed by atoms with van der Waals surface area (Å²) in [6, 6.07) is 0. The van der Waals surface area contributed by atoms with Gasteiger partial charge in [-0.3, -0.25) is 4.79 Å². The largest absolute Gasteiger partial charge is 0.396 e. The summed E-state index contributed by atoms with van der Waals surface area (Å²) in [5.41, 5.74) is 5.92. The first-order valence-electron chi connectivity index (χ1n) is 4.24. The van der Waals surface area contributed by atoms with Crippen LogP contribution in [0.1, 0.15) is 6.42 Å². The maximum absolute atomic E-state index is 10.8. The van der Waals surface area contributed by atoms with Gasteiger partial charge >= 0.3 is 0 Å². The van der Waals surface area contributed by atoms with Gasteiger partial charge in [-0.1, -0.05) is 0 Å². The van der Waals surface area contributed by atoms with Crippen LogP contribution >= 0.6 is 0 Å². The van der Waals surface area contributed by atoms with E-state index in [4.69, 9.17) is 5.73 Å². The van der Waals surface area contributed by atoms with Crippen LogP contribution in [0.3, 0.4) is 0 Å². The van der Waals surface area contributed by atoms with Crippen LogP contribution < -0.4 is 16.4 Å². The van der Waals surface area contributed by atoms with Gasteiger partial charge in [-0.2, -0.15) is 0 Å². The van der Waals surface area contributed by atoms with Gasteiger partial charge in [0.1, 0.15) is 0 Å². The lowest BCUT2D eigenvalue weighted by atomic mass is 10.4. The third-order valence-electron chi connectivity index (χ3n) is 1.59. The first kappa shape index (κ1) is 10.2. The van der Waals surface area contributed by atoms with Gasteiger partial charge in [0.15, 0.2) is 0 Å². The van der Waals surface area contributed by atoms with E-state index in [9.17, 15) is 4.79 Å². The number of anilines is 2. The van der Waals surface area contributed by atoms with Crippen molar-refractivity contribution in [1.29, 1.82) is 0 Å². The molecule has 0 aliphatic rings. The van der Waals surface area contributed by atoms with Gasteiger partial charge in [0.25, 0.3) is 0 Å². The molecule has 0 unspecified atom stereocenters. The molecule has 0 bridgehead atoms. The summed E-state index contributed by atoms with van der Waals surface area (Å²) in [5.74, 6) is 0.455. The highest BCUT2D eigenvalue weighted by molar-refractivity contribution is 5.75. The van der Waals surface area contributed by atoms with Crippen molar-refractivity contribution >= 4 is 17.5 Å². The van der Waals surface area contributed by atoms with Crippen molar-refractivity contribution in [2.75, 3.05) is 24.6 Å². The van der Waals surface area contributed by atoms with E-state index in [0.717, 1.165) is 0 Å². The number of carbonyl (C=O) groups is 1. The number of nitrogens with two attached hydrogens (primary N) is 1. The Bertz CT molecular complexity index is 297. The topological polar surface area (TPSA) is 92.9 Å². The van der Waals surface area contributed by atoms with Gasteiger partial charge in [-0.05, 0) is 0 Å². The number of nitrogen functional groups attached to an aromatic ring is 1. The van der Waals surface area contributed by atoms with E-state index in [-0.39, 0.29) is 5.91 Å². The Morgan fingerprint density at radius 2 is 2.14 bits per heavy atom. The van der Waals surface area contributed by atoms with E-state index in [0.29, 0.717) is 24.6 Å². The van der Waals surface area contributed by atoms with Crippen molar-refractivity contribution in [2.24, 2.45) is 0 Å². The van der Waals surface area contributed by atoms with Crippen LogP contribution in [0.4, 0.5) is 11.6 Å². The zero-order chi connectivity index (χ0) is 10.4. The van der Waals surface area contributed by atoms with Gasteiger partial charge in [-0.25, -0.2) is 9.97 Å². The summed E-state index contributed by atoms with van der Waals surface area (Å²) in [6.07, 6.45) is 3.41. The van der Waals surface area contributed by atoms with E-state index < -0.39 is 0 Å². The lowest BCUT2D eigenvalue weighted by molar-refractivity contribution is -0.120. The summed E-state index contributed by atoms with van der Waals surface area (Å²) in [6.45, 7) is 0.504. The maximum Gasteiger partial charge on any atom is 0.222 e. The SMILES string of the molecule is CNC(=O)CCNc1ncc(N)cn1. The molecule has 6 nitrogen and oxygen atoms in total. The second kappa shape index (κ2) is 5.00. The maximum atomic E-state index is 10.8. The number of nitrogens with zero attached hydrogens (tertiary/aromatic N) is 2. The first-order chi connectivity index (χ1) is 6.72. The molecule has 14 heavy (non-hydrogen) atoms. The number of nitrogens with one attached hydrogen (secondary N) is 2. The first-order valence-corrected chi connectivity index (χ1v) is 4.24. The quantitative estimate of drug-likeness (QED) is 0.608. The molecule has 0 fully saturated rings. The van der Waals surface area contributed by atoms with E-state index in [1.165, 1.54) is 12.4 Å². The minimum atomic E-state index is -0.0204. The molecule has 6 heteroatoms. The van der Waals surface area contributed by atoms with Crippen LogP contribution in [0.2, 0.25) is 0 Å². The van der Waals surface area contributed by atoms with Gasteiger partial charge in [0.2, 0.25) is 11.9 Å². The molecule has 1 rings (SSSR count). The van der Waals surface area contributed by atoms with E-state index >= 15 is 0 Å². The summed E-state index contributed by atoms with van der Waals surface area (Å²) < 4.78 is 0. The zero-order valence-electron chi connectivity index (χ0n) is 7.95. The smallest absolute Gasteiger partial charge is 0.222 e. The van der Waals surface area contributed by atoms with Crippen molar-refractivity contribution < 1.29 is 4.79 Å². The molecule has 4 N–H and O–H groups in total. The second-order valence-electron chi connectivity index (χ2n) is 2.69. The highest BCUT2D eigenvalue weighted by Gasteiger charge is 1.98. The summed E-state index contributed by atoms with van der Waals surface area (Å²) in [5, 5.41) is 5.42. The molecule has 0 saturated heterocycles. The van der Waals surface area contributed by atoms with E-state index in [2.05, 4.69) is 20.6 Å². The molecule has 76 valence electrons. The second-order valence-corrected chi connectivity index (χ2v) is 2.69. The highest BCUT2D eigenvalue weighted by Crippen LogP contribution is 2.00. The van der Waals surface area contributed by atoms with Crippen molar-refractivity contribution in [3.8, 4) is 0 Å². The predicted molar refractivity (Wildman–Crippen MR) is 53.6 cm³/mol. The molecular formula is C8H13N5O. The Morgan fingerprint density at radius 3 is 2.71 bits per heavy atom. The lowest BCUT2D eigenvalue weighted by Crippen LogP contribution is -2.21. The van der Waals surface area contributed by atoms with Crippen LogP contribution in [0.15, 0.2) is 12.4 Å². The normalized spacial score (nSPS) is 9.50. The average molecular weight is 195 g/mol. The fourth-order valence-corrected chi connectivity index (χ4v) is 0.842. The molecule has 0 radical (unpaired) electrons. The van der Waals surface area contributed by atoms with Crippen molar-refractivity contribution in [1.82, 2.24) is 15.3 Å². The minimum absolute atomic E-state index is 0.0204. The molecule has 0 atom stereocenters. The molecule has 1 amide bonds. The van der Waals surface area contributed by atoms with Gasteiger partial charge in [0, 0.05) is 20.0 Å². The number of carbonyl (C=O) groups excluding carboxylic acids is 1. The highest BCUT2D eigenvalue weighted by atomic mass is 16.1. The number of amides is 1. The number of hydrogen-bond acceptors (Lipinski definition) is 5.